The molecule has 0 fully saturated rings. The van der Waals surface area contributed by atoms with Crippen LogP contribution in [0.3, 0.4) is 0 Å². The van der Waals surface area contributed by atoms with Gasteiger partial charge >= 0.3 is 0 Å². The van der Waals surface area contributed by atoms with Gasteiger partial charge in [-0.2, -0.15) is 4.98 Å². The van der Waals surface area contributed by atoms with Crippen molar-refractivity contribution in [3.05, 3.63) is 70.3 Å². The molecule has 2 amide bonds. The number of hydrogen-bond acceptors (Lipinski definition) is 6. The first kappa shape index (κ1) is 21.1. The standard InChI is InChI=1S/C20H19BrN4O3S/c1-13-23-19(28-25-13)12-29-17-5-3-2-4-16(17)20(27)22-11-10-18(26)24-15-8-6-14(21)7-9-15/h2-9H,10-12H2,1H3,(H,22,27)(H,24,26). The summed E-state index contributed by atoms with van der Waals surface area (Å²) in [6.45, 7) is 2.00. The number of nitrogens with zero attached hydrogens (tertiary/aromatic N) is 2. The van der Waals surface area contributed by atoms with Gasteiger partial charge < -0.3 is 15.2 Å². The summed E-state index contributed by atoms with van der Waals surface area (Å²) in [4.78, 5) is 29.6. The molecule has 1 heterocycles. The van der Waals surface area contributed by atoms with Gasteiger partial charge in [0.15, 0.2) is 5.82 Å². The average Bonchev–Trinajstić information content (AvgIpc) is 3.13. The summed E-state index contributed by atoms with van der Waals surface area (Å²) < 4.78 is 6.04. The van der Waals surface area contributed by atoms with Gasteiger partial charge in [0.05, 0.1) is 11.3 Å². The Morgan fingerprint density at radius 3 is 2.62 bits per heavy atom. The Balaban J connectivity index is 1.50. The summed E-state index contributed by atoms with van der Waals surface area (Å²) in [5, 5.41) is 9.35. The molecular weight excluding hydrogens is 456 g/mol. The second kappa shape index (κ2) is 10.2. The fraction of sp³-hybridized carbons (Fsp3) is 0.200. The van der Waals surface area contributed by atoms with Crippen LogP contribution in [-0.4, -0.2) is 28.5 Å². The zero-order valence-electron chi connectivity index (χ0n) is 15.6. The van der Waals surface area contributed by atoms with Crippen LogP contribution in [0, 0.1) is 6.92 Å². The maximum Gasteiger partial charge on any atom is 0.252 e. The molecule has 7 nitrogen and oxygen atoms in total. The Morgan fingerprint density at radius 1 is 1.14 bits per heavy atom. The number of benzene rings is 2. The zero-order valence-corrected chi connectivity index (χ0v) is 18.0. The fourth-order valence-corrected chi connectivity index (χ4v) is 3.61. The van der Waals surface area contributed by atoms with Crippen molar-refractivity contribution < 1.29 is 14.1 Å². The molecule has 0 bridgehead atoms. The van der Waals surface area contributed by atoms with Crippen LogP contribution in [0.25, 0.3) is 0 Å². The van der Waals surface area contributed by atoms with E-state index in [1.54, 1.807) is 31.2 Å². The third-order valence-electron chi connectivity index (χ3n) is 3.82. The minimum Gasteiger partial charge on any atom is -0.351 e. The van der Waals surface area contributed by atoms with Crippen LogP contribution in [-0.2, 0) is 10.5 Å². The number of carbonyl (C=O) groups excluding carboxylic acids is 2. The van der Waals surface area contributed by atoms with Crippen molar-refractivity contribution in [3.8, 4) is 0 Å². The summed E-state index contributed by atoms with van der Waals surface area (Å²) in [5.41, 5.74) is 1.25. The second-order valence-electron chi connectivity index (χ2n) is 6.08. The van der Waals surface area contributed by atoms with Crippen LogP contribution in [0.1, 0.15) is 28.5 Å². The molecule has 0 atom stereocenters. The van der Waals surface area contributed by atoms with E-state index in [2.05, 4.69) is 36.7 Å². The number of nitrogens with one attached hydrogen (secondary N) is 2. The summed E-state index contributed by atoms with van der Waals surface area (Å²) in [7, 11) is 0. The number of amides is 2. The average molecular weight is 475 g/mol. The lowest BCUT2D eigenvalue weighted by atomic mass is 10.2. The van der Waals surface area contributed by atoms with E-state index < -0.39 is 0 Å². The minimum atomic E-state index is -0.230. The van der Waals surface area contributed by atoms with Gasteiger partial charge in [-0.05, 0) is 43.3 Å². The van der Waals surface area contributed by atoms with Gasteiger partial charge in [-0.25, -0.2) is 0 Å². The molecule has 0 aliphatic carbocycles. The van der Waals surface area contributed by atoms with Crippen molar-refractivity contribution in [2.24, 2.45) is 0 Å². The molecule has 2 N–H and O–H groups in total. The van der Waals surface area contributed by atoms with Gasteiger partial charge in [0.1, 0.15) is 0 Å². The van der Waals surface area contributed by atoms with Crippen molar-refractivity contribution in [2.45, 2.75) is 24.0 Å². The van der Waals surface area contributed by atoms with E-state index in [0.717, 1.165) is 9.37 Å². The Labute approximate surface area is 180 Å². The van der Waals surface area contributed by atoms with Crippen molar-refractivity contribution in [2.75, 3.05) is 11.9 Å². The van der Waals surface area contributed by atoms with Crippen LogP contribution in [0.15, 0.2) is 62.4 Å². The summed E-state index contributed by atoms with van der Waals surface area (Å²) in [5.74, 6) is 1.16. The SMILES string of the molecule is Cc1noc(CSc2ccccc2C(=O)NCCC(=O)Nc2ccc(Br)cc2)n1. The largest absolute Gasteiger partial charge is 0.351 e. The van der Waals surface area contributed by atoms with Crippen LogP contribution >= 0.6 is 27.7 Å². The van der Waals surface area contributed by atoms with E-state index >= 15 is 0 Å². The summed E-state index contributed by atoms with van der Waals surface area (Å²) in [6.07, 6.45) is 0.179. The molecule has 0 saturated carbocycles. The first-order chi connectivity index (χ1) is 14.0. The first-order valence-corrected chi connectivity index (χ1v) is 10.6. The number of aromatic nitrogens is 2. The normalized spacial score (nSPS) is 10.6. The predicted octanol–water partition coefficient (Wildman–Crippen LogP) is 4.19. The van der Waals surface area contributed by atoms with E-state index in [1.165, 1.54) is 11.8 Å². The van der Waals surface area contributed by atoms with Crippen LogP contribution in [0.2, 0.25) is 0 Å². The van der Waals surface area contributed by atoms with Gasteiger partial charge in [-0.3, -0.25) is 9.59 Å². The molecule has 0 radical (unpaired) electrons. The zero-order chi connectivity index (χ0) is 20.6. The number of thioether (sulfide) groups is 1. The molecule has 0 saturated heterocycles. The van der Waals surface area contributed by atoms with Crippen LogP contribution in [0.5, 0.6) is 0 Å². The monoisotopic (exact) mass is 474 g/mol. The molecule has 3 rings (SSSR count). The van der Waals surface area contributed by atoms with Crippen LogP contribution < -0.4 is 10.6 Å². The lowest BCUT2D eigenvalue weighted by Gasteiger charge is -2.10. The Bertz CT molecular complexity index is 991. The minimum absolute atomic E-state index is 0.165. The number of hydrogen-bond donors (Lipinski definition) is 2. The van der Waals surface area contributed by atoms with E-state index in [4.69, 9.17) is 4.52 Å². The first-order valence-electron chi connectivity index (χ1n) is 8.86. The van der Waals surface area contributed by atoms with E-state index in [1.807, 2.05) is 24.3 Å². The lowest BCUT2D eigenvalue weighted by Crippen LogP contribution is -2.28. The van der Waals surface area contributed by atoms with Crippen molar-refractivity contribution in [1.82, 2.24) is 15.5 Å². The van der Waals surface area contributed by atoms with Gasteiger partial charge in [0.2, 0.25) is 11.8 Å². The molecule has 2 aromatic carbocycles. The number of aryl methyl sites for hydroxylation is 1. The topological polar surface area (TPSA) is 97.1 Å². The second-order valence-corrected chi connectivity index (χ2v) is 8.01. The Hall–Kier alpha value is -2.65. The molecule has 3 aromatic rings. The quantitative estimate of drug-likeness (QED) is 0.475. The fourth-order valence-electron chi connectivity index (χ4n) is 2.46. The smallest absolute Gasteiger partial charge is 0.252 e. The highest BCUT2D eigenvalue weighted by Crippen LogP contribution is 2.25. The van der Waals surface area contributed by atoms with E-state index in [-0.39, 0.29) is 24.8 Å². The van der Waals surface area contributed by atoms with Crippen molar-refractivity contribution >= 4 is 45.2 Å². The number of halogens is 1. The molecule has 9 heteroatoms. The number of carbonyl (C=O) groups is 2. The highest BCUT2D eigenvalue weighted by molar-refractivity contribution is 9.10. The van der Waals surface area contributed by atoms with Gasteiger partial charge in [-0.15, -0.1) is 11.8 Å². The van der Waals surface area contributed by atoms with Crippen LogP contribution in [0.4, 0.5) is 5.69 Å². The lowest BCUT2D eigenvalue weighted by molar-refractivity contribution is -0.116. The van der Waals surface area contributed by atoms with Crippen molar-refractivity contribution in [3.63, 3.8) is 0 Å². The molecule has 150 valence electrons. The van der Waals surface area contributed by atoms with Crippen molar-refractivity contribution in [1.29, 1.82) is 0 Å². The molecule has 0 aliphatic heterocycles. The third-order valence-corrected chi connectivity index (χ3v) is 5.41. The predicted molar refractivity (Wildman–Crippen MR) is 115 cm³/mol. The Kier molecular flexibility index (Phi) is 7.42. The van der Waals surface area contributed by atoms with E-state index in [9.17, 15) is 9.59 Å². The van der Waals surface area contributed by atoms with Gasteiger partial charge in [0, 0.05) is 28.0 Å². The Morgan fingerprint density at radius 2 is 1.90 bits per heavy atom. The summed E-state index contributed by atoms with van der Waals surface area (Å²) in [6, 6.07) is 14.6. The molecule has 0 aliphatic rings. The van der Waals surface area contributed by atoms with E-state index in [0.29, 0.717) is 28.7 Å². The van der Waals surface area contributed by atoms with Gasteiger partial charge in [-0.1, -0.05) is 33.2 Å². The maximum atomic E-state index is 12.5. The highest BCUT2D eigenvalue weighted by atomic mass is 79.9. The molecule has 0 unspecified atom stereocenters. The number of anilines is 1. The highest BCUT2D eigenvalue weighted by Gasteiger charge is 2.13. The molecule has 0 spiro atoms. The molecule has 29 heavy (non-hydrogen) atoms. The number of rotatable bonds is 8. The third kappa shape index (κ3) is 6.43. The molecular formula is C20H19BrN4O3S. The summed E-state index contributed by atoms with van der Waals surface area (Å²) >= 11 is 4.79. The maximum absolute atomic E-state index is 12.5. The molecule has 1 aromatic heterocycles. The van der Waals surface area contributed by atoms with Gasteiger partial charge in [0.25, 0.3) is 5.91 Å².